The van der Waals surface area contributed by atoms with E-state index in [4.69, 9.17) is 14.0 Å². The van der Waals surface area contributed by atoms with Crippen LogP contribution in [0.1, 0.15) is 22.7 Å². The van der Waals surface area contributed by atoms with Crippen molar-refractivity contribution in [2.75, 3.05) is 17.4 Å². The Morgan fingerprint density at radius 1 is 1.10 bits per heavy atom. The number of ether oxygens (including phenoxy) is 2. The lowest BCUT2D eigenvalue weighted by atomic mass is 10.1. The number of para-hydroxylation sites is 1. The van der Waals surface area contributed by atoms with Gasteiger partial charge in [-0.2, -0.15) is 10.1 Å². The topological polar surface area (TPSA) is 123 Å². The maximum Gasteiger partial charge on any atom is 0.231 e. The van der Waals surface area contributed by atoms with Crippen LogP contribution in [0.4, 0.5) is 17.6 Å². The molecule has 0 fully saturated rings. The minimum absolute atomic E-state index is 0.276. The Labute approximate surface area is 178 Å². The van der Waals surface area contributed by atoms with Gasteiger partial charge in [-0.05, 0) is 37.5 Å². The van der Waals surface area contributed by atoms with E-state index in [9.17, 15) is 0 Å². The Hall–Kier alpha value is -4.08. The molecule has 0 unspecified atom stereocenters. The second kappa shape index (κ2) is 8.34. The van der Waals surface area contributed by atoms with Gasteiger partial charge in [-0.25, -0.2) is 4.98 Å². The van der Waals surface area contributed by atoms with Gasteiger partial charge in [0, 0.05) is 24.0 Å². The van der Waals surface area contributed by atoms with Crippen LogP contribution in [-0.2, 0) is 19.4 Å². The molecule has 1 aliphatic rings. The van der Waals surface area contributed by atoms with Crippen LogP contribution < -0.4 is 20.1 Å². The first kappa shape index (κ1) is 18.9. The Bertz CT molecular complexity index is 1190. The average molecular weight is 419 g/mol. The van der Waals surface area contributed by atoms with Crippen molar-refractivity contribution >= 4 is 17.6 Å². The minimum Gasteiger partial charge on any atom is -0.454 e. The summed E-state index contributed by atoms with van der Waals surface area (Å²) in [6.45, 7) is 2.61. The Morgan fingerprint density at radius 3 is 2.97 bits per heavy atom. The average Bonchev–Trinajstić information content (AvgIpc) is 3.52. The molecular formula is C21H21N7O3. The van der Waals surface area contributed by atoms with Gasteiger partial charge in [-0.3, -0.25) is 5.10 Å². The predicted octanol–water partition coefficient (Wildman–Crippen LogP) is 3.37. The number of anilines is 3. The number of hydrogen-bond acceptors (Lipinski definition) is 9. The van der Waals surface area contributed by atoms with E-state index in [1.165, 1.54) is 0 Å². The molecule has 0 spiro atoms. The summed E-state index contributed by atoms with van der Waals surface area (Å²) in [7, 11) is 0. The van der Waals surface area contributed by atoms with E-state index in [1.807, 2.05) is 31.2 Å². The third-order valence-electron chi connectivity index (χ3n) is 4.78. The molecule has 0 atom stereocenters. The van der Waals surface area contributed by atoms with E-state index in [-0.39, 0.29) is 6.79 Å². The third-order valence-corrected chi connectivity index (χ3v) is 4.78. The highest BCUT2D eigenvalue weighted by atomic mass is 16.7. The summed E-state index contributed by atoms with van der Waals surface area (Å²) in [4.78, 5) is 8.68. The first-order valence-corrected chi connectivity index (χ1v) is 9.91. The van der Waals surface area contributed by atoms with Gasteiger partial charge >= 0.3 is 0 Å². The van der Waals surface area contributed by atoms with Crippen LogP contribution in [-0.4, -0.2) is 32.1 Å². The van der Waals surface area contributed by atoms with Gasteiger partial charge in [0.25, 0.3) is 0 Å². The van der Waals surface area contributed by atoms with Crippen LogP contribution in [0.2, 0.25) is 0 Å². The predicted molar refractivity (Wildman–Crippen MR) is 112 cm³/mol. The van der Waals surface area contributed by atoms with Crippen LogP contribution in [0.25, 0.3) is 0 Å². The largest absolute Gasteiger partial charge is 0.454 e. The molecule has 0 amide bonds. The molecule has 0 radical (unpaired) electrons. The first-order valence-electron chi connectivity index (χ1n) is 9.91. The fourth-order valence-corrected chi connectivity index (χ4v) is 3.32. The summed E-state index contributed by atoms with van der Waals surface area (Å²) in [6, 6.07) is 11.6. The molecule has 10 nitrogen and oxygen atoms in total. The summed E-state index contributed by atoms with van der Waals surface area (Å²) in [6.07, 6.45) is 3.29. The van der Waals surface area contributed by atoms with E-state index in [2.05, 4.69) is 42.0 Å². The van der Waals surface area contributed by atoms with Crippen molar-refractivity contribution in [2.24, 2.45) is 0 Å². The zero-order valence-electron chi connectivity index (χ0n) is 16.9. The third kappa shape index (κ3) is 4.42. The fourth-order valence-electron chi connectivity index (χ4n) is 3.32. The lowest BCUT2D eigenvalue weighted by Gasteiger charge is -2.05. The summed E-state index contributed by atoms with van der Waals surface area (Å²) >= 11 is 0. The van der Waals surface area contributed by atoms with Crippen molar-refractivity contribution in [3.05, 3.63) is 65.3 Å². The highest BCUT2D eigenvalue weighted by Gasteiger charge is 2.17. The maximum atomic E-state index is 5.57. The van der Waals surface area contributed by atoms with Gasteiger partial charge in [0.2, 0.25) is 12.7 Å². The molecule has 1 aromatic carbocycles. The number of nitrogens with one attached hydrogen (secondary N) is 3. The van der Waals surface area contributed by atoms with E-state index in [0.717, 1.165) is 47.1 Å². The standard InChI is InChI=1S/C21H21N7O3/c1-13-9-16(31-28-13)11-23-21-22-8-7-18(25-21)24-19-10-15(26-27-19)6-5-14-3-2-4-17-20(14)30-12-29-17/h2-4,7-10H,5-6,11-12H2,1H3,(H3,22,23,24,25,26,27). The molecule has 0 saturated heterocycles. The van der Waals surface area contributed by atoms with Crippen molar-refractivity contribution in [3.63, 3.8) is 0 Å². The molecule has 0 bridgehead atoms. The van der Waals surface area contributed by atoms with Crippen LogP contribution in [0, 0.1) is 6.92 Å². The number of nitrogens with zero attached hydrogens (tertiary/aromatic N) is 4. The quantitative estimate of drug-likeness (QED) is 0.394. The van der Waals surface area contributed by atoms with Gasteiger partial charge in [-0.15, -0.1) is 0 Å². The second-order valence-electron chi connectivity index (χ2n) is 7.11. The van der Waals surface area contributed by atoms with Crippen LogP contribution in [0.15, 0.2) is 47.1 Å². The molecule has 0 aliphatic carbocycles. The summed E-state index contributed by atoms with van der Waals surface area (Å²) in [5.41, 5.74) is 2.96. The van der Waals surface area contributed by atoms with Crippen LogP contribution >= 0.6 is 0 Å². The molecule has 4 heterocycles. The van der Waals surface area contributed by atoms with E-state index >= 15 is 0 Å². The summed E-state index contributed by atoms with van der Waals surface area (Å²) in [5.74, 6) is 4.16. The minimum atomic E-state index is 0.276. The summed E-state index contributed by atoms with van der Waals surface area (Å²) < 4.78 is 16.2. The van der Waals surface area contributed by atoms with Crippen molar-refractivity contribution < 1.29 is 14.0 Å². The molecule has 5 rings (SSSR count). The zero-order chi connectivity index (χ0) is 21.0. The molecule has 3 N–H and O–H groups in total. The van der Waals surface area contributed by atoms with Crippen molar-refractivity contribution in [2.45, 2.75) is 26.3 Å². The number of aromatic amines is 1. The highest BCUT2D eigenvalue weighted by Crippen LogP contribution is 2.35. The van der Waals surface area contributed by atoms with Gasteiger partial charge in [0.05, 0.1) is 12.2 Å². The SMILES string of the molecule is Cc1cc(CNc2nccc(Nc3cc(CCc4cccc5c4OCO5)[nH]n3)n2)on1. The Morgan fingerprint density at radius 2 is 2.06 bits per heavy atom. The fraction of sp³-hybridized carbons (Fsp3) is 0.238. The number of aryl methyl sites for hydroxylation is 3. The van der Waals surface area contributed by atoms with E-state index in [1.54, 1.807) is 12.3 Å². The zero-order valence-corrected chi connectivity index (χ0v) is 16.9. The molecule has 4 aromatic rings. The smallest absolute Gasteiger partial charge is 0.231 e. The van der Waals surface area contributed by atoms with Gasteiger partial charge in [0.1, 0.15) is 5.82 Å². The van der Waals surface area contributed by atoms with Crippen molar-refractivity contribution in [1.29, 1.82) is 0 Å². The number of rotatable bonds is 8. The van der Waals surface area contributed by atoms with Gasteiger partial charge in [-0.1, -0.05) is 17.3 Å². The monoisotopic (exact) mass is 419 g/mol. The lowest BCUT2D eigenvalue weighted by Crippen LogP contribution is -2.04. The Kier molecular flexibility index (Phi) is 5.09. The number of H-pyrrole nitrogens is 1. The maximum absolute atomic E-state index is 5.57. The molecule has 3 aromatic heterocycles. The number of fused-ring (bicyclic) bond motifs is 1. The summed E-state index contributed by atoms with van der Waals surface area (Å²) in [5, 5.41) is 17.6. The number of benzene rings is 1. The molecule has 31 heavy (non-hydrogen) atoms. The van der Waals surface area contributed by atoms with Crippen molar-refractivity contribution in [3.8, 4) is 11.5 Å². The van der Waals surface area contributed by atoms with E-state index in [0.29, 0.717) is 24.1 Å². The van der Waals surface area contributed by atoms with Gasteiger partial charge in [0.15, 0.2) is 23.1 Å². The number of hydrogen-bond donors (Lipinski definition) is 3. The molecule has 1 aliphatic heterocycles. The van der Waals surface area contributed by atoms with Crippen molar-refractivity contribution in [1.82, 2.24) is 25.3 Å². The number of aromatic nitrogens is 5. The molecule has 0 saturated carbocycles. The normalized spacial score (nSPS) is 12.2. The van der Waals surface area contributed by atoms with E-state index < -0.39 is 0 Å². The first-order chi connectivity index (χ1) is 15.2. The van der Waals surface area contributed by atoms with Crippen LogP contribution in [0.5, 0.6) is 11.5 Å². The Balaban J connectivity index is 1.18. The molecule has 10 heteroatoms. The molecular weight excluding hydrogens is 398 g/mol. The molecule has 158 valence electrons. The van der Waals surface area contributed by atoms with Crippen LogP contribution in [0.3, 0.4) is 0 Å². The lowest BCUT2D eigenvalue weighted by molar-refractivity contribution is 0.173. The highest BCUT2D eigenvalue weighted by molar-refractivity contribution is 5.53. The second-order valence-corrected chi connectivity index (χ2v) is 7.11. The van der Waals surface area contributed by atoms with Gasteiger partial charge < -0.3 is 24.6 Å².